The number of aromatic nitrogens is 2. The minimum Gasteiger partial charge on any atom is -0.342 e. The van der Waals surface area contributed by atoms with Crippen LogP contribution in [0.25, 0.3) is 0 Å². The highest BCUT2D eigenvalue weighted by Gasteiger charge is 2.25. The first kappa shape index (κ1) is 14.6. The molecule has 6 nitrogen and oxygen atoms in total. The Labute approximate surface area is 119 Å². The third kappa shape index (κ3) is 3.37. The van der Waals surface area contributed by atoms with Gasteiger partial charge in [0.15, 0.2) is 0 Å². The largest absolute Gasteiger partial charge is 0.342 e. The van der Waals surface area contributed by atoms with Crippen molar-refractivity contribution in [3.63, 3.8) is 0 Å². The monoisotopic (exact) mass is 278 g/mol. The van der Waals surface area contributed by atoms with Gasteiger partial charge in [-0.1, -0.05) is 13.8 Å². The Morgan fingerprint density at radius 1 is 1.35 bits per heavy atom. The average Bonchev–Trinajstić information content (AvgIpc) is 2.80. The van der Waals surface area contributed by atoms with E-state index in [9.17, 15) is 9.59 Å². The number of amides is 2. The second kappa shape index (κ2) is 6.07. The van der Waals surface area contributed by atoms with Crippen molar-refractivity contribution >= 4 is 11.8 Å². The smallest absolute Gasteiger partial charge is 0.269 e. The molecule has 1 aliphatic heterocycles. The van der Waals surface area contributed by atoms with Crippen LogP contribution in [-0.4, -0.2) is 46.1 Å². The predicted octanol–water partition coefficient (Wildman–Crippen LogP) is 0.654. The highest BCUT2D eigenvalue weighted by Crippen LogP contribution is 2.20. The van der Waals surface area contributed by atoms with E-state index in [4.69, 9.17) is 0 Å². The summed E-state index contributed by atoms with van der Waals surface area (Å²) < 4.78 is 1.49. The van der Waals surface area contributed by atoms with Crippen molar-refractivity contribution in [1.29, 1.82) is 0 Å². The molecule has 0 bridgehead atoms. The van der Waals surface area contributed by atoms with E-state index >= 15 is 0 Å². The molecule has 110 valence electrons. The lowest BCUT2D eigenvalue weighted by molar-refractivity contribution is -0.132. The van der Waals surface area contributed by atoms with E-state index in [-0.39, 0.29) is 18.4 Å². The number of nitrogens with one attached hydrogen (secondary N) is 1. The molecule has 2 rings (SSSR count). The molecule has 1 saturated heterocycles. The van der Waals surface area contributed by atoms with Gasteiger partial charge in [-0.3, -0.25) is 14.3 Å². The molecule has 0 unspecified atom stereocenters. The second-order valence-corrected chi connectivity index (χ2v) is 5.77. The van der Waals surface area contributed by atoms with Crippen molar-refractivity contribution in [2.75, 3.05) is 19.6 Å². The SMILES string of the molecule is C[C@@H]1C[C@H](C)CN(C(=O)CNC(=O)c2ccnn2C)C1. The van der Waals surface area contributed by atoms with Gasteiger partial charge >= 0.3 is 0 Å². The van der Waals surface area contributed by atoms with Crippen molar-refractivity contribution in [1.82, 2.24) is 20.0 Å². The van der Waals surface area contributed by atoms with Gasteiger partial charge in [-0.25, -0.2) is 0 Å². The van der Waals surface area contributed by atoms with Crippen LogP contribution < -0.4 is 5.32 Å². The van der Waals surface area contributed by atoms with Crippen LogP contribution in [0.4, 0.5) is 0 Å². The maximum Gasteiger partial charge on any atom is 0.269 e. The molecule has 1 fully saturated rings. The first-order valence-electron chi connectivity index (χ1n) is 7.01. The van der Waals surface area contributed by atoms with Crippen LogP contribution >= 0.6 is 0 Å². The molecule has 2 heterocycles. The molecule has 0 aromatic carbocycles. The molecule has 1 aromatic heterocycles. The number of rotatable bonds is 3. The van der Waals surface area contributed by atoms with Crippen LogP contribution in [0, 0.1) is 11.8 Å². The molecule has 6 heteroatoms. The normalized spacial score (nSPS) is 22.6. The van der Waals surface area contributed by atoms with Gasteiger partial charge in [0.05, 0.1) is 6.54 Å². The van der Waals surface area contributed by atoms with E-state index in [2.05, 4.69) is 24.3 Å². The van der Waals surface area contributed by atoms with Crippen molar-refractivity contribution in [2.45, 2.75) is 20.3 Å². The van der Waals surface area contributed by atoms with E-state index in [1.807, 2.05) is 4.90 Å². The number of carbonyl (C=O) groups excluding carboxylic acids is 2. The Morgan fingerprint density at radius 3 is 2.55 bits per heavy atom. The Balaban J connectivity index is 1.86. The molecule has 0 aliphatic carbocycles. The van der Waals surface area contributed by atoms with Gasteiger partial charge in [0.2, 0.25) is 5.91 Å². The van der Waals surface area contributed by atoms with Gasteiger partial charge in [0.25, 0.3) is 5.91 Å². The van der Waals surface area contributed by atoms with Gasteiger partial charge in [-0.15, -0.1) is 0 Å². The fourth-order valence-corrected chi connectivity index (χ4v) is 2.82. The van der Waals surface area contributed by atoms with Crippen molar-refractivity contribution in [2.24, 2.45) is 18.9 Å². The number of likely N-dealkylation sites (tertiary alicyclic amines) is 1. The minimum absolute atomic E-state index is 0.0149. The molecular formula is C14H22N4O2. The number of aryl methyl sites for hydroxylation is 1. The topological polar surface area (TPSA) is 67.2 Å². The van der Waals surface area contributed by atoms with E-state index in [1.165, 1.54) is 4.68 Å². The first-order valence-corrected chi connectivity index (χ1v) is 7.01. The number of hydrogen-bond acceptors (Lipinski definition) is 3. The fourth-order valence-electron chi connectivity index (χ4n) is 2.82. The highest BCUT2D eigenvalue weighted by atomic mass is 16.2. The summed E-state index contributed by atoms with van der Waals surface area (Å²) in [6, 6.07) is 1.63. The van der Waals surface area contributed by atoms with Gasteiger partial charge in [0, 0.05) is 26.3 Å². The van der Waals surface area contributed by atoms with Crippen LogP contribution in [-0.2, 0) is 11.8 Å². The van der Waals surface area contributed by atoms with E-state index < -0.39 is 0 Å². The van der Waals surface area contributed by atoms with Gasteiger partial charge < -0.3 is 10.2 Å². The molecule has 1 aromatic rings. The maximum absolute atomic E-state index is 12.1. The Kier molecular flexibility index (Phi) is 4.42. The molecule has 0 spiro atoms. The van der Waals surface area contributed by atoms with Crippen LogP contribution in [0.5, 0.6) is 0 Å². The molecule has 0 saturated carbocycles. The second-order valence-electron chi connectivity index (χ2n) is 5.77. The number of nitrogens with zero attached hydrogens (tertiary/aromatic N) is 3. The van der Waals surface area contributed by atoms with Crippen LogP contribution in [0.1, 0.15) is 30.8 Å². The zero-order valence-corrected chi connectivity index (χ0v) is 12.3. The molecule has 2 atom stereocenters. The summed E-state index contributed by atoms with van der Waals surface area (Å²) in [5, 5.41) is 6.60. The quantitative estimate of drug-likeness (QED) is 0.883. The van der Waals surface area contributed by atoms with Gasteiger partial charge in [-0.2, -0.15) is 5.10 Å². The van der Waals surface area contributed by atoms with Gasteiger partial charge in [-0.05, 0) is 24.3 Å². The first-order chi connectivity index (χ1) is 9.47. The van der Waals surface area contributed by atoms with Crippen molar-refractivity contribution in [3.8, 4) is 0 Å². The summed E-state index contributed by atoms with van der Waals surface area (Å²) in [5.74, 6) is 0.765. The summed E-state index contributed by atoms with van der Waals surface area (Å²) in [6.07, 6.45) is 2.72. The van der Waals surface area contributed by atoms with E-state index in [1.54, 1.807) is 19.3 Å². The molecule has 1 aliphatic rings. The van der Waals surface area contributed by atoms with Crippen LogP contribution in [0.3, 0.4) is 0 Å². The molecular weight excluding hydrogens is 256 g/mol. The summed E-state index contributed by atoms with van der Waals surface area (Å²) in [6.45, 7) is 5.92. The molecule has 20 heavy (non-hydrogen) atoms. The van der Waals surface area contributed by atoms with E-state index in [0.29, 0.717) is 17.5 Å². The summed E-state index contributed by atoms with van der Waals surface area (Å²) in [7, 11) is 1.70. The van der Waals surface area contributed by atoms with E-state index in [0.717, 1.165) is 19.5 Å². The lowest BCUT2D eigenvalue weighted by Crippen LogP contribution is -2.47. The standard InChI is InChI=1S/C14H22N4O2/c1-10-6-11(2)9-18(8-10)13(19)7-15-14(20)12-4-5-16-17(12)3/h4-5,10-11H,6-9H2,1-3H3,(H,15,20)/t10-,11+. The Morgan fingerprint density at radius 2 is 2.00 bits per heavy atom. The molecule has 0 radical (unpaired) electrons. The lowest BCUT2D eigenvalue weighted by Gasteiger charge is -2.35. The lowest BCUT2D eigenvalue weighted by atomic mass is 9.92. The summed E-state index contributed by atoms with van der Waals surface area (Å²) in [5.41, 5.74) is 0.457. The minimum atomic E-state index is -0.267. The summed E-state index contributed by atoms with van der Waals surface area (Å²) >= 11 is 0. The van der Waals surface area contributed by atoms with Crippen LogP contribution in [0.2, 0.25) is 0 Å². The Bertz CT molecular complexity index is 487. The third-order valence-corrected chi connectivity index (χ3v) is 3.68. The summed E-state index contributed by atoms with van der Waals surface area (Å²) in [4.78, 5) is 25.9. The Hall–Kier alpha value is -1.85. The highest BCUT2D eigenvalue weighted by molar-refractivity contribution is 5.95. The molecule has 1 N–H and O–H groups in total. The average molecular weight is 278 g/mol. The van der Waals surface area contributed by atoms with Crippen LogP contribution in [0.15, 0.2) is 12.3 Å². The number of hydrogen-bond donors (Lipinski definition) is 1. The van der Waals surface area contributed by atoms with Crippen molar-refractivity contribution in [3.05, 3.63) is 18.0 Å². The number of carbonyl (C=O) groups is 2. The molecule has 2 amide bonds. The van der Waals surface area contributed by atoms with Gasteiger partial charge in [0.1, 0.15) is 5.69 Å². The van der Waals surface area contributed by atoms with Crippen molar-refractivity contribution < 1.29 is 9.59 Å². The third-order valence-electron chi connectivity index (χ3n) is 3.68. The fraction of sp³-hybridized carbons (Fsp3) is 0.643. The zero-order valence-electron chi connectivity index (χ0n) is 12.3. The number of piperidine rings is 1. The zero-order chi connectivity index (χ0) is 14.7. The predicted molar refractivity (Wildman–Crippen MR) is 75.1 cm³/mol. The maximum atomic E-state index is 12.1.